The second-order valence-corrected chi connectivity index (χ2v) is 7.10. The van der Waals surface area contributed by atoms with Crippen LogP contribution < -0.4 is 10.7 Å². The maximum atomic E-state index is 13.5. The number of rotatable bonds is 3. The molecule has 0 radical (unpaired) electrons. The van der Waals surface area contributed by atoms with Crippen LogP contribution in [0.25, 0.3) is 11.1 Å². The van der Waals surface area contributed by atoms with Crippen LogP contribution in [-0.4, -0.2) is 11.9 Å². The van der Waals surface area contributed by atoms with Gasteiger partial charge in [0.05, 0.1) is 11.7 Å². The zero-order chi connectivity index (χ0) is 20.6. The molecule has 3 aromatic rings. The van der Waals surface area contributed by atoms with Gasteiger partial charge in [-0.15, -0.1) is 0 Å². The number of hydrazone groups is 1. The summed E-state index contributed by atoms with van der Waals surface area (Å²) in [4.78, 5) is 0. The highest BCUT2D eigenvalue weighted by atomic mass is 19.4. The number of anilines is 2. The molecule has 0 saturated heterocycles. The van der Waals surface area contributed by atoms with Gasteiger partial charge in [-0.25, -0.2) is 0 Å². The van der Waals surface area contributed by atoms with Gasteiger partial charge in [-0.2, -0.15) is 18.3 Å². The lowest BCUT2D eigenvalue weighted by Crippen LogP contribution is -2.22. The molecule has 2 N–H and O–H groups in total. The second kappa shape index (κ2) is 7.28. The van der Waals surface area contributed by atoms with E-state index < -0.39 is 17.9 Å². The van der Waals surface area contributed by atoms with Gasteiger partial charge in [0, 0.05) is 17.7 Å². The fourth-order valence-corrected chi connectivity index (χ4v) is 3.69. The number of halogens is 3. The molecule has 0 saturated carbocycles. The topological polar surface area (TPSA) is 41.6 Å². The van der Waals surface area contributed by atoms with E-state index in [4.69, 9.17) is 5.73 Å². The number of nitrogen functional groups attached to an aromatic ring is 1. The molecule has 3 aromatic carbocycles. The van der Waals surface area contributed by atoms with E-state index in [0.717, 1.165) is 22.3 Å². The Kier molecular flexibility index (Phi) is 4.78. The third kappa shape index (κ3) is 3.70. The van der Waals surface area contributed by atoms with Crippen LogP contribution in [0.3, 0.4) is 0 Å². The first-order valence-corrected chi connectivity index (χ1v) is 9.29. The summed E-state index contributed by atoms with van der Waals surface area (Å²) in [6.07, 6.45) is -4.66. The average molecular weight is 395 g/mol. The van der Waals surface area contributed by atoms with Crippen LogP contribution in [0, 0.1) is 6.92 Å². The van der Waals surface area contributed by atoms with Crippen molar-refractivity contribution in [2.45, 2.75) is 25.6 Å². The summed E-state index contributed by atoms with van der Waals surface area (Å²) in [6.45, 7) is 1.91. The highest BCUT2D eigenvalue weighted by Crippen LogP contribution is 2.43. The van der Waals surface area contributed by atoms with E-state index in [1.165, 1.54) is 5.01 Å². The first kappa shape index (κ1) is 19.1. The Morgan fingerprint density at radius 3 is 2.28 bits per heavy atom. The lowest BCUT2D eigenvalue weighted by Gasteiger charge is -2.27. The van der Waals surface area contributed by atoms with Crippen molar-refractivity contribution in [3.05, 3.63) is 83.9 Å². The SMILES string of the molecule is Cc1ccccc1C1CC(C(F)(F)F)=NN1c1ccccc1-c1ccc(N)cc1. The Balaban J connectivity index is 1.85. The fourth-order valence-electron chi connectivity index (χ4n) is 3.69. The first-order chi connectivity index (χ1) is 13.8. The van der Waals surface area contributed by atoms with E-state index in [0.29, 0.717) is 11.4 Å². The van der Waals surface area contributed by atoms with Gasteiger partial charge in [0.2, 0.25) is 0 Å². The third-order valence-electron chi connectivity index (χ3n) is 5.16. The van der Waals surface area contributed by atoms with Gasteiger partial charge in [-0.3, -0.25) is 5.01 Å². The van der Waals surface area contributed by atoms with Crippen molar-refractivity contribution >= 4 is 17.1 Å². The lowest BCUT2D eigenvalue weighted by atomic mass is 9.96. The van der Waals surface area contributed by atoms with E-state index >= 15 is 0 Å². The zero-order valence-corrected chi connectivity index (χ0v) is 15.8. The Bertz CT molecular complexity index is 1060. The molecule has 0 fully saturated rings. The molecule has 148 valence electrons. The molecular weight excluding hydrogens is 375 g/mol. The third-order valence-corrected chi connectivity index (χ3v) is 5.16. The number of nitrogens with two attached hydrogens (primary N) is 1. The molecule has 0 bridgehead atoms. The lowest BCUT2D eigenvalue weighted by molar-refractivity contribution is -0.0600. The molecule has 1 aliphatic rings. The monoisotopic (exact) mass is 395 g/mol. The number of para-hydroxylation sites is 1. The van der Waals surface area contributed by atoms with Gasteiger partial charge in [-0.1, -0.05) is 54.6 Å². The van der Waals surface area contributed by atoms with Crippen molar-refractivity contribution < 1.29 is 13.2 Å². The van der Waals surface area contributed by atoms with Crippen LogP contribution in [0.2, 0.25) is 0 Å². The van der Waals surface area contributed by atoms with E-state index in [1.807, 2.05) is 61.5 Å². The van der Waals surface area contributed by atoms with Crippen molar-refractivity contribution in [1.82, 2.24) is 0 Å². The number of hydrogen-bond donors (Lipinski definition) is 1. The summed E-state index contributed by atoms with van der Waals surface area (Å²) < 4.78 is 40.6. The molecule has 0 aromatic heterocycles. The zero-order valence-electron chi connectivity index (χ0n) is 15.8. The molecule has 0 spiro atoms. The highest BCUT2D eigenvalue weighted by Gasteiger charge is 2.44. The Labute approximate surface area is 167 Å². The average Bonchev–Trinajstić information content (AvgIpc) is 3.14. The van der Waals surface area contributed by atoms with Crippen molar-refractivity contribution in [3.63, 3.8) is 0 Å². The summed E-state index contributed by atoms with van der Waals surface area (Å²) in [6, 6.07) is 21.6. The number of nitrogens with zero attached hydrogens (tertiary/aromatic N) is 2. The summed E-state index contributed by atoms with van der Waals surface area (Å²) in [5.41, 5.74) is 9.72. The van der Waals surface area contributed by atoms with Gasteiger partial charge < -0.3 is 5.73 Å². The Morgan fingerprint density at radius 2 is 1.59 bits per heavy atom. The predicted octanol–water partition coefficient (Wildman–Crippen LogP) is 6.11. The van der Waals surface area contributed by atoms with Gasteiger partial charge in [0.15, 0.2) is 0 Å². The minimum absolute atomic E-state index is 0.190. The Morgan fingerprint density at radius 1 is 0.931 bits per heavy atom. The highest BCUT2D eigenvalue weighted by molar-refractivity contribution is 5.94. The van der Waals surface area contributed by atoms with Crippen molar-refractivity contribution in [3.8, 4) is 11.1 Å². The van der Waals surface area contributed by atoms with Crippen molar-refractivity contribution in [1.29, 1.82) is 0 Å². The molecule has 1 aliphatic heterocycles. The normalized spacial score (nSPS) is 16.8. The molecule has 1 heterocycles. The van der Waals surface area contributed by atoms with Gasteiger partial charge in [-0.05, 0) is 41.8 Å². The molecule has 0 aliphatic carbocycles. The van der Waals surface area contributed by atoms with Crippen LogP contribution in [0.15, 0.2) is 77.9 Å². The number of aryl methyl sites for hydroxylation is 1. The largest absolute Gasteiger partial charge is 0.431 e. The summed E-state index contributed by atoms with van der Waals surface area (Å²) >= 11 is 0. The van der Waals surface area contributed by atoms with Crippen molar-refractivity contribution in [2.75, 3.05) is 10.7 Å². The van der Waals surface area contributed by atoms with Gasteiger partial charge >= 0.3 is 6.18 Å². The number of benzene rings is 3. The molecular formula is C23H20F3N3. The number of alkyl halides is 3. The standard InChI is InChI=1S/C23H20F3N3/c1-15-6-2-3-7-18(15)21-14-22(23(24,25)26)28-29(21)20-9-5-4-8-19(20)16-10-12-17(27)13-11-16/h2-13,21H,14,27H2,1H3. The molecule has 3 nitrogen and oxygen atoms in total. The summed E-state index contributed by atoms with van der Waals surface area (Å²) in [5, 5.41) is 5.54. The van der Waals surface area contributed by atoms with Gasteiger partial charge in [0.25, 0.3) is 0 Å². The van der Waals surface area contributed by atoms with E-state index in [-0.39, 0.29) is 6.42 Å². The van der Waals surface area contributed by atoms with Gasteiger partial charge in [0.1, 0.15) is 5.71 Å². The Hall–Kier alpha value is -3.28. The molecule has 1 unspecified atom stereocenters. The maximum absolute atomic E-state index is 13.5. The maximum Gasteiger partial charge on any atom is 0.431 e. The van der Waals surface area contributed by atoms with Crippen molar-refractivity contribution in [2.24, 2.45) is 5.10 Å². The molecule has 6 heteroatoms. The molecule has 0 amide bonds. The molecule has 29 heavy (non-hydrogen) atoms. The van der Waals surface area contributed by atoms with E-state index in [9.17, 15) is 13.2 Å². The van der Waals surface area contributed by atoms with Crippen LogP contribution in [-0.2, 0) is 0 Å². The second-order valence-electron chi connectivity index (χ2n) is 7.10. The summed E-state index contributed by atoms with van der Waals surface area (Å²) in [7, 11) is 0. The summed E-state index contributed by atoms with van der Waals surface area (Å²) in [5.74, 6) is 0. The number of hydrogen-bond acceptors (Lipinski definition) is 3. The molecule has 4 rings (SSSR count). The first-order valence-electron chi connectivity index (χ1n) is 9.29. The quantitative estimate of drug-likeness (QED) is 0.543. The van der Waals surface area contributed by atoms with Crippen LogP contribution >= 0.6 is 0 Å². The van der Waals surface area contributed by atoms with E-state index in [1.54, 1.807) is 18.2 Å². The fraction of sp³-hybridized carbons (Fsp3) is 0.174. The smallest absolute Gasteiger partial charge is 0.399 e. The minimum atomic E-state index is -4.47. The molecule has 1 atom stereocenters. The predicted molar refractivity (Wildman–Crippen MR) is 111 cm³/mol. The van der Waals surface area contributed by atoms with Crippen LogP contribution in [0.4, 0.5) is 24.5 Å². The van der Waals surface area contributed by atoms with E-state index in [2.05, 4.69) is 5.10 Å². The van der Waals surface area contributed by atoms with Crippen LogP contribution in [0.1, 0.15) is 23.6 Å². The minimum Gasteiger partial charge on any atom is -0.399 e. The van der Waals surface area contributed by atoms with Crippen LogP contribution in [0.5, 0.6) is 0 Å².